The van der Waals surface area contributed by atoms with Crippen molar-refractivity contribution in [2.24, 2.45) is 11.7 Å². The molecule has 1 fully saturated rings. The molecule has 0 atom stereocenters. The molecule has 0 bridgehead atoms. The van der Waals surface area contributed by atoms with Crippen molar-refractivity contribution >= 4 is 5.91 Å². The van der Waals surface area contributed by atoms with Gasteiger partial charge in [-0.15, -0.1) is 0 Å². The zero-order chi connectivity index (χ0) is 12.3. The van der Waals surface area contributed by atoms with Gasteiger partial charge in [0.2, 0.25) is 5.91 Å². The summed E-state index contributed by atoms with van der Waals surface area (Å²) in [6, 6.07) is 6.65. The van der Waals surface area contributed by atoms with E-state index in [4.69, 9.17) is 5.73 Å². The molecule has 1 aromatic carbocycles. The van der Waals surface area contributed by atoms with Crippen LogP contribution in [0.4, 0.5) is 4.39 Å². The van der Waals surface area contributed by atoms with Crippen LogP contribution in [0, 0.1) is 11.7 Å². The number of halogens is 1. The van der Waals surface area contributed by atoms with E-state index >= 15 is 0 Å². The number of carbonyl (C=O) groups is 1. The van der Waals surface area contributed by atoms with Crippen LogP contribution >= 0.6 is 0 Å². The Labute approximate surface area is 100 Å². The third-order valence-corrected chi connectivity index (χ3v) is 3.17. The maximum atomic E-state index is 13.3. The average molecular weight is 236 g/mol. The molecule has 2 rings (SSSR count). The lowest BCUT2D eigenvalue weighted by atomic mass is 9.81. The van der Waals surface area contributed by atoms with Crippen LogP contribution in [0.5, 0.6) is 0 Å². The summed E-state index contributed by atoms with van der Waals surface area (Å²) in [7, 11) is 0. The Kier molecular flexibility index (Phi) is 3.74. The lowest BCUT2D eigenvalue weighted by Gasteiger charge is -2.32. The molecule has 3 nitrogen and oxygen atoms in total. The van der Waals surface area contributed by atoms with Crippen LogP contribution in [0.3, 0.4) is 0 Å². The number of hydrogen-bond donors (Lipinski definition) is 2. The Balaban J connectivity index is 1.76. The molecule has 0 aliphatic heterocycles. The number of amides is 1. The van der Waals surface area contributed by atoms with E-state index < -0.39 is 0 Å². The summed E-state index contributed by atoms with van der Waals surface area (Å²) >= 11 is 0. The van der Waals surface area contributed by atoms with E-state index in [1.54, 1.807) is 18.2 Å². The predicted octanol–water partition coefficient (Wildman–Crippen LogP) is 1.22. The lowest BCUT2D eigenvalue weighted by Crippen LogP contribution is -2.42. The van der Waals surface area contributed by atoms with Crippen LogP contribution < -0.4 is 11.1 Å². The van der Waals surface area contributed by atoms with Crippen LogP contribution in [0.25, 0.3) is 0 Å². The molecule has 1 aromatic rings. The molecule has 0 spiro atoms. The van der Waals surface area contributed by atoms with Crippen molar-refractivity contribution in [2.75, 3.05) is 6.54 Å². The van der Waals surface area contributed by atoms with Crippen LogP contribution in [0.15, 0.2) is 24.3 Å². The third-order valence-electron chi connectivity index (χ3n) is 3.17. The maximum absolute atomic E-state index is 13.3. The van der Waals surface area contributed by atoms with Crippen molar-refractivity contribution in [3.63, 3.8) is 0 Å². The lowest BCUT2D eigenvalue weighted by molar-refractivity contribution is -0.120. The average Bonchev–Trinajstić information content (AvgIpc) is 2.26. The molecule has 4 heteroatoms. The standard InChI is InChI=1S/C13H17FN2O/c14-12-4-2-1-3-10(12)7-13(17)16-8-9-5-11(15)6-9/h1-4,9,11H,5-8,15H2,(H,16,17). The second-order valence-corrected chi connectivity index (χ2v) is 4.67. The van der Waals surface area contributed by atoms with E-state index in [-0.39, 0.29) is 18.1 Å². The Morgan fingerprint density at radius 1 is 1.41 bits per heavy atom. The molecular weight excluding hydrogens is 219 g/mol. The van der Waals surface area contributed by atoms with Crippen LogP contribution in [-0.2, 0) is 11.2 Å². The first kappa shape index (κ1) is 12.0. The van der Waals surface area contributed by atoms with Gasteiger partial charge >= 0.3 is 0 Å². The van der Waals surface area contributed by atoms with Gasteiger partial charge in [-0.25, -0.2) is 4.39 Å². The fraction of sp³-hybridized carbons (Fsp3) is 0.462. The Morgan fingerprint density at radius 2 is 2.12 bits per heavy atom. The Bertz CT molecular complexity index is 402. The summed E-state index contributed by atoms with van der Waals surface area (Å²) < 4.78 is 13.3. The molecule has 3 N–H and O–H groups in total. The zero-order valence-corrected chi connectivity index (χ0v) is 9.66. The predicted molar refractivity (Wildman–Crippen MR) is 63.8 cm³/mol. The van der Waals surface area contributed by atoms with Crippen molar-refractivity contribution in [2.45, 2.75) is 25.3 Å². The third kappa shape index (κ3) is 3.27. The minimum atomic E-state index is -0.326. The van der Waals surface area contributed by atoms with Gasteiger partial charge < -0.3 is 11.1 Å². The second-order valence-electron chi connectivity index (χ2n) is 4.67. The summed E-state index contributed by atoms with van der Waals surface area (Å²) in [5.41, 5.74) is 6.10. The highest BCUT2D eigenvalue weighted by Gasteiger charge is 2.25. The normalized spacial score (nSPS) is 22.9. The number of hydrogen-bond acceptors (Lipinski definition) is 2. The van der Waals surface area contributed by atoms with Gasteiger partial charge in [-0.2, -0.15) is 0 Å². The maximum Gasteiger partial charge on any atom is 0.224 e. The van der Waals surface area contributed by atoms with Crippen molar-refractivity contribution < 1.29 is 9.18 Å². The minimum Gasteiger partial charge on any atom is -0.356 e. The number of carbonyl (C=O) groups excluding carboxylic acids is 1. The van der Waals surface area contributed by atoms with Crippen LogP contribution in [0.1, 0.15) is 18.4 Å². The summed E-state index contributed by atoms with van der Waals surface area (Å²) in [4.78, 5) is 11.6. The minimum absolute atomic E-state index is 0.103. The molecular formula is C13H17FN2O. The molecule has 1 saturated carbocycles. The number of nitrogens with one attached hydrogen (secondary N) is 1. The fourth-order valence-electron chi connectivity index (χ4n) is 2.09. The van der Waals surface area contributed by atoms with E-state index in [0.29, 0.717) is 24.1 Å². The molecule has 0 aromatic heterocycles. The van der Waals surface area contributed by atoms with Gasteiger partial charge in [-0.1, -0.05) is 18.2 Å². The molecule has 1 aliphatic rings. The molecule has 0 radical (unpaired) electrons. The van der Waals surface area contributed by atoms with Crippen LogP contribution in [-0.4, -0.2) is 18.5 Å². The van der Waals surface area contributed by atoms with E-state index in [1.165, 1.54) is 6.07 Å². The molecule has 0 heterocycles. The van der Waals surface area contributed by atoms with E-state index in [1.807, 2.05) is 0 Å². The highest BCUT2D eigenvalue weighted by molar-refractivity contribution is 5.78. The van der Waals surface area contributed by atoms with E-state index in [9.17, 15) is 9.18 Å². The molecule has 1 aliphatic carbocycles. The van der Waals surface area contributed by atoms with Crippen LogP contribution in [0.2, 0.25) is 0 Å². The molecule has 1 amide bonds. The summed E-state index contributed by atoms with van der Waals surface area (Å²) in [5, 5.41) is 2.82. The van der Waals surface area contributed by atoms with Gasteiger partial charge in [0.1, 0.15) is 5.82 Å². The molecule has 92 valence electrons. The SMILES string of the molecule is NC1CC(CNC(=O)Cc2ccccc2F)C1. The highest BCUT2D eigenvalue weighted by atomic mass is 19.1. The van der Waals surface area contributed by atoms with Gasteiger partial charge in [-0.3, -0.25) is 4.79 Å². The highest BCUT2D eigenvalue weighted by Crippen LogP contribution is 2.24. The summed E-state index contributed by atoms with van der Waals surface area (Å²) in [5.74, 6) is 0.0402. The van der Waals surface area contributed by atoms with Crippen molar-refractivity contribution in [3.8, 4) is 0 Å². The zero-order valence-electron chi connectivity index (χ0n) is 9.66. The summed E-state index contributed by atoms with van der Waals surface area (Å²) in [6.45, 7) is 0.654. The Morgan fingerprint density at radius 3 is 2.76 bits per heavy atom. The smallest absolute Gasteiger partial charge is 0.224 e. The molecule has 0 unspecified atom stereocenters. The van der Waals surface area contributed by atoms with Gasteiger partial charge in [-0.05, 0) is 30.4 Å². The first-order chi connectivity index (χ1) is 8.15. The number of rotatable bonds is 4. The first-order valence-electron chi connectivity index (χ1n) is 5.91. The van der Waals surface area contributed by atoms with Crippen molar-refractivity contribution in [1.29, 1.82) is 0 Å². The molecule has 17 heavy (non-hydrogen) atoms. The van der Waals surface area contributed by atoms with Crippen molar-refractivity contribution in [3.05, 3.63) is 35.6 Å². The van der Waals surface area contributed by atoms with Crippen molar-refractivity contribution in [1.82, 2.24) is 5.32 Å². The topological polar surface area (TPSA) is 55.1 Å². The Hall–Kier alpha value is -1.42. The fourth-order valence-corrected chi connectivity index (χ4v) is 2.09. The number of benzene rings is 1. The second kappa shape index (κ2) is 5.27. The first-order valence-corrected chi connectivity index (χ1v) is 5.91. The quantitative estimate of drug-likeness (QED) is 0.826. The molecule has 0 saturated heterocycles. The largest absolute Gasteiger partial charge is 0.356 e. The van der Waals surface area contributed by atoms with Gasteiger partial charge in [0.15, 0.2) is 0 Å². The van der Waals surface area contributed by atoms with Gasteiger partial charge in [0, 0.05) is 12.6 Å². The van der Waals surface area contributed by atoms with E-state index in [2.05, 4.69) is 5.32 Å². The van der Waals surface area contributed by atoms with E-state index in [0.717, 1.165) is 12.8 Å². The monoisotopic (exact) mass is 236 g/mol. The number of nitrogens with two attached hydrogens (primary N) is 1. The van der Waals surface area contributed by atoms with Gasteiger partial charge in [0.25, 0.3) is 0 Å². The summed E-state index contributed by atoms with van der Waals surface area (Å²) in [6.07, 6.45) is 2.05. The van der Waals surface area contributed by atoms with Gasteiger partial charge in [0.05, 0.1) is 6.42 Å².